The van der Waals surface area contributed by atoms with Crippen LogP contribution in [0.1, 0.15) is 224 Å². The Morgan fingerprint density at radius 2 is 0.512 bits per heavy atom. The molecule has 0 spiro atoms. The number of rotatable bonds is 32. The van der Waals surface area contributed by atoms with E-state index in [1.54, 1.807) is 0 Å². The fourth-order valence-electron chi connectivity index (χ4n) is 6.13. The summed E-state index contributed by atoms with van der Waals surface area (Å²) in [6.45, 7) is 6.63. The van der Waals surface area contributed by atoms with Crippen molar-refractivity contribution in [3.05, 3.63) is 17.5 Å². The quantitative estimate of drug-likeness (QED) is 0.0807. The second-order valence-electron chi connectivity index (χ2n) is 13.1. The fraction of sp³-hybridized carbons (Fsp3) is 0.921. The number of hydrogen-bond donors (Lipinski definition) is 0. The lowest BCUT2D eigenvalue weighted by Gasteiger charge is -2.06. The third-order valence-corrected chi connectivity index (χ3v) is 8.85. The van der Waals surface area contributed by atoms with Crippen molar-refractivity contribution in [1.29, 1.82) is 0 Å². The highest BCUT2D eigenvalue weighted by atomic mass is 15.0. The van der Waals surface area contributed by atoms with Crippen LogP contribution in [0.25, 0.3) is 0 Å². The first-order valence-corrected chi connectivity index (χ1v) is 19.0. The predicted octanol–water partition coefficient (Wildman–Crippen LogP) is 13.0. The second kappa shape index (κ2) is 30.5. The van der Waals surface area contributed by atoms with Crippen LogP contribution in [0, 0.1) is 6.92 Å². The van der Waals surface area contributed by atoms with Gasteiger partial charge in [0.2, 0.25) is 0 Å². The maximum absolute atomic E-state index is 4.82. The molecule has 0 radical (unpaired) electrons. The molecule has 3 nitrogen and oxygen atoms in total. The zero-order chi connectivity index (χ0) is 29.5. The smallest absolute Gasteiger partial charge is 0.132 e. The van der Waals surface area contributed by atoms with E-state index < -0.39 is 0 Å². The third kappa shape index (κ3) is 26.4. The zero-order valence-electron chi connectivity index (χ0n) is 28.5. The van der Waals surface area contributed by atoms with Crippen molar-refractivity contribution < 1.29 is 0 Å². The Morgan fingerprint density at radius 1 is 0.293 bits per heavy atom. The van der Waals surface area contributed by atoms with Gasteiger partial charge >= 0.3 is 0 Å². The number of aromatic nitrogens is 3. The lowest BCUT2D eigenvalue weighted by atomic mass is 10.0. The summed E-state index contributed by atoms with van der Waals surface area (Å²) in [5, 5.41) is 0. The Labute approximate surface area is 258 Å². The molecule has 0 unspecified atom stereocenters. The van der Waals surface area contributed by atoms with Crippen molar-refractivity contribution in [1.82, 2.24) is 15.0 Å². The van der Waals surface area contributed by atoms with Crippen molar-refractivity contribution >= 4 is 0 Å². The van der Waals surface area contributed by atoms with Crippen molar-refractivity contribution in [2.45, 2.75) is 226 Å². The molecule has 0 atom stereocenters. The van der Waals surface area contributed by atoms with Crippen molar-refractivity contribution in [2.24, 2.45) is 0 Å². The molecule has 0 bridgehead atoms. The summed E-state index contributed by atoms with van der Waals surface area (Å²) in [4.78, 5) is 14.1. The summed E-state index contributed by atoms with van der Waals surface area (Å²) in [5.74, 6) is 2.97. The van der Waals surface area contributed by atoms with Gasteiger partial charge in [-0.3, -0.25) is 0 Å². The van der Waals surface area contributed by atoms with Gasteiger partial charge in [-0.2, -0.15) is 0 Å². The van der Waals surface area contributed by atoms with Crippen LogP contribution < -0.4 is 0 Å². The van der Waals surface area contributed by atoms with Crippen LogP contribution in [0.2, 0.25) is 0 Å². The average Bonchev–Trinajstić information content (AvgIpc) is 2.97. The van der Waals surface area contributed by atoms with Gasteiger partial charge in [0.05, 0.1) is 0 Å². The topological polar surface area (TPSA) is 38.7 Å². The third-order valence-electron chi connectivity index (χ3n) is 8.85. The van der Waals surface area contributed by atoms with Crippen LogP contribution in [0.4, 0.5) is 0 Å². The lowest BCUT2D eigenvalue weighted by molar-refractivity contribution is 0.529. The van der Waals surface area contributed by atoms with E-state index >= 15 is 0 Å². The summed E-state index contributed by atoms with van der Waals surface area (Å²) in [6.07, 6.45) is 44.3. The minimum absolute atomic E-state index is 0.909. The molecule has 0 aliphatic heterocycles. The minimum Gasteiger partial charge on any atom is -0.218 e. The molecule has 0 aromatic carbocycles. The molecule has 0 saturated carbocycles. The molecule has 1 aromatic rings. The molecule has 3 heteroatoms. The van der Waals surface area contributed by atoms with Gasteiger partial charge in [0.1, 0.15) is 17.5 Å². The van der Waals surface area contributed by atoms with Crippen LogP contribution >= 0.6 is 0 Å². The number of hydrogen-bond acceptors (Lipinski definition) is 3. The summed E-state index contributed by atoms with van der Waals surface area (Å²) in [5.41, 5.74) is 0. The molecular weight excluding hydrogens is 498 g/mol. The molecule has 41 heavy (non-hydrogen) atoms. The highest BCUT2D eigenvalue weighted by Gasteiger charge is 2.05. The molecule has 1 aromatic heterocycles. The van der Waals surface area contributed by atoms with Gasteiger partial charge in [-0.1, -0.05) is 194 Å². The van der Waals surface area contributed by atoms with Crippen LogP contribution in [-0.2, 0) is 12.8 Å². The fourth-order valence-corrected chi connectivity index (χ4v) is 6.13. The van der Waals surface area contributed by atoms with Crippen LogP contribution in [0.15, 0.2) is 0 Å². The largest absolute Gasteiger partial charge is 0.218 e. The van der Waals surface area contributed by atoms with Gasteiger partial charge in [0, 0.05) is 12.8 Å². The molecule has 0 saturated heterocycles. The summed E-state index contributed by atoms with van der Waals surface area (Å²) < 4.78 is 0. The Morgan fingerprint density at radius 3 is 0.756 bits per heavy atom. The van der Waals surface area contributed by atoms with E-state index in [0.717, 1.165) is 30.3 Å². The first-order valence-electron chi connectivity index (χ1n) is 19.0. The molecule has 240 valence electrons. The van der Waals surface area contributed by atoms with Crippen molar-refractivity contribution in [2.75, 3.05) is 0 Å². The van der Waals surface area contributed by atoms with Crippen molar-refractivity contribution in [3.8, 4) is 0 Å². The van der Waals surface area contributed by atoms with Crippen molar-refractivity contribution in [3.63, 3.8) is 0 Å². The molecule has 0 N–H and O–H groups in total. The highest BCUT2D eigenvalue weighted by molar-refractivity contribution is 4.96. The van der Waals surface area contributed by atoms with E-state index in [0.29, 0.717) is 0 Å². The minimum atomic E-state index is 0.909. The van der Waals surface area contributed by atoms with Crippen LogP contribution in [-0.4, -0.2) is 15.0 Å². The van der Waals surface area contributed by atoms with Gasteiger partial charge in [0.25, 0.3) is 0 Å². The molecule has 1 heterocycles. The SMILES string of the molecule is CCCCCCCCCCCCCCCCCc1nc(C)nc(CCCCCCCCCCCCCCCCC)n1. The first-order chi connectivity index (χ1) is 20.3. The summed E-state index contributed by atoms with van der Waals surface area (Å²) in [6, 6.07) is 0. The van der Waals surface area contributed by atoms with Gasteiger partial charge in [-0.15, -0.1) is 0 Å². The molecule has 0 aliphatic rings. The predicted molar refractivity (Wildman–Crippen MR) is 182 cm³/mol. The molecule has 1 rings (SSSR count). The van der Waals surface area contributed by atoms with E-state index in [-0.39, 0.29) is 0 Å². The lowest BCUT2D eigenvalue weighted by Crippen LogP contribution is -2.06. The molecule has 0 aliphatic carbocycles. The van der Waals surface area contributed by atoms with E-state index in [1.807, 2.05) is 6.92 Å². The Bertz CT molecular complexity index is 607. The Kier molecular flexibility index (Phi) is 28.3. The van der Waals surface area contributed by atoms with E-state index in [2.05, 4.69) is 23.8 Å². The zero-order valence-corrected chi connectivity index (χ0v) is 28.5. The molecule has 0 amide bonds. The maximum Gasteiger partial charge on any atom is 0.132 e. The Hall–Kier alpha value is -0.990. The standard InChI is InChI=1S/C38H73N3/c1-4-6-8-10-12-14-16-18-20-22-24-26-28-30-32-34-37-39-36(3)40-38(41-37)35-33-31-29-27-25-23-21-19-17-15-13-11-9-7-5-2/h4-35H2,1-3H3. The summed E-state index contributed by atoms with van der Waals surface area (Å²) in [7, 11) is 0. The number of nitrogens with zero attached hydrogens (tertiary/aromatic N) is 3. The van der Waals surface area contributed by atoms with Gasteiger partial charge in [-0.05, 0) is 19.8 Å². The first kappa shape index (κ1) is 38.0. The van der Waals surface area contributed by atoms with E-state index in [9.17, 15) is 0 Å². The van der Waals surface area contributed by atoms with Gasteiger partial charge in [0.15, 0.2) is 0 Å². The van der Waals surface area contributed by atoms with Crippen LogP contribution in [0.5, 0.6) is 0 Å². The number of aryl methyl sites for hydroxylation is 3. The second-order valence-corrected chi connectivity index (χ2v) is 13.1. The highest BCUT2D eigenvalue weighted by Crippen LogP contribution is 2.16. The number of unbranched alkanes of at least 4 members (excludes halogenated alkanes) is 28. The van der Waals surface area contributed by atoms with Gasteiger partial charge in [-0.25, -0.2) is 15.0 Å². The molecule has 0 fully saturated rings. The average molecular weight is 572 g/mol. The van der Waals surface area contributed by atoms with E-state index in [1.165, 1.54) is 193 Å². The Balaban J connectivity index is 1.93. The molecular formula is C38H73N3. The van der Waals surface area contributed by atoms with Gasteiger partial charge < -0.3 is 0 Å². The van der Waals surface area contributed by atoms with E-state index in [4.69, 9.17) is 4.98 Å². The maximum atomic E-state index is 4.82. The summed E-state index contributed by atoms with van der Waals surface area (Å²) >= 11 is 0. The normalized spacial score (nSPS) is 11.5. The monoisotopic (exact) mass is 572 g/mol. The van der Waals surface area contributed by atoms with Crippen LogP contribution in [0.3, 0.4) is 0 Å².